The number of nitrogens with zero attached hydrogens (tertiary/aromatic N) is 1. The number of para-hydroxylation sites is 1. The van der Waals surface area contributed by atoms with Gasteiger partial charge >= 0.3 is 0 Å². The summed E-state index contributed by atoms with van der Waals surface area (Å²) in [7, 11) is 0. The highest BCUT2D eigenvalue weighted by Crippen LogP contribution is 2.20. The molecule has 0 aliphatic rings. The van der Waals surface area contributed by atoms with E-state index in [-0.39, 0.29) is 0 Å². The molecule has 0 amide bonds. The Kier molecular flexibility index (Phi) is 2.05. The van der Waals surface area contributed by atoms with Gasteiger partial charge in [0.2, 0.25) is 0 Å². The molecule has 2 rings (SSSR count). The lowest BCUT2D eigenvalue weighted by molar-refractivity contribution is 0.452. The van der Waals surface area contributed by atoms with Gasteiger partial charge in [0, 0.05) is 5.39 Å². The van der Waals surface area contributed by atoms with Crippen LogP contribution in [-0.4, -0.2) is 5.16 Å². The normalized spacial score (nSPS) is 11.3. The van der Waals surface area contributed by atoms with E-state index in [2.05, 4.69) is 31.1 Å². The van der Waals surface area contributed by atoms with E-state index in [4.69, 9.17) is 4.52 Å². The highest BCUT2D eigenvalue weighted by molar-refractivity contribution is 5.79. The Morgan fingerprint density at radius 2 is 2.23 bits per heavy atom. The summed E-state index contributed by atoms with van der Waals surface area (Å²) in [5.41, 5.74) is 2.20. The number of hydrogen-bond donors (Lipinski definition) is 0. The molecule has 0 saturated carbocycles. The van der Waals surface area contributed by atoms with Crippen LogP contribution in [0.3, 0.4) is 0 Å². The van der Waals surface area contributed by atoms with Crippen LogP contribution < -0.4 is 0 Å². The van der Waals surface area contributed by atoms with Gasteiger partial charge in [-0.05, 0) is 24.0 Å². The molecule has 0 aliphatic carbocycles. The van der Waals surface area contributed by atoms with Crippen molar-refractivity contribution in [2.75, 3.05) is 0 Å². The zero-order valence-corrected chi connectivity index (χ0v) is 7.95. The first-order valence-corrected chi connectivity index (χ1v) is 4.59. The zero-order chi connectivity index (χ0) is 9.26. The SMILES string of the molecule is CC(C)Cc1cccc2cnoc12. The maximum Gasteiger partial charge on any atom is 0.170 e. The topological polar surface area (TPSA) is 26.0 Å². The molecule has 0 spiro atoms. The van der Waals surface area contributed by atoms with Gasteiger partial charge in [0.15, 0.2) is 5.58 Å². The maximum atomic E-state index is 5.20. The molecule has 68 valence electrons. The molecule has 2 aromatic rings. The van der Waals surface area contributed by atoms with E-state index in [0.717, 1.165) is 17.4 Å². The quantitative estimate of drug-likeness (QED) is 0.701. The van der Waals surface area contributed by atoms with Crippen LogP contribution in [0.5, 0.6) is 0 Å². The summed E-state index contributed by atoms with van der Waals surface area (Å²) in [6.07, 6.45) is 2.81. The largest absolute Gasteiger partial charge is 0.356 e. The van der Waals surface area contributed by atoms with Gasteiger partial charge in [-0.15, -0.1) is 0 Å². The Labute approximate surface area is 77.5 Å². The molecule has 0 bridgehead atoms. The van der Waals surface area contributed by atoms with Crippen molar-refractivity contribution >= 4 is 11.0 Å². The Morgan fingerprint density at radius 1 is 1.38 bits per heavy atom. The third-order valence-electron chi connectivity index (χ3n) is 2.09. The summed E-state index contributed by atoms with van der Waals surface area (Å²) in [4.78, 5) is 0. The fourth-order valence-corrected chi connectivity index (χ4v) is 1.55. The van der Waals surface area contributed by atoms with E-state index < -0.39 is 0 Å². The molecule has 1 aromatic carbocycles. The summed E-state index contributed by atoms with van der Waals surface area (Å²) < 4.78 is 5.20. The molecular weight excluding hydrogens is 162 g/mol. The van der Waals surface area contributed by atoms with Gasteiger partial charge in [0.05, 0.1) is 6.20 Å². The van der Waals surface area contributed by atoms with Crippen LogP contribution >= 0.6 is 0 Å². The molecule has 0 atom stereocenters. The standard InChI is InChI=1S/C11H13NO/c1-8(2)6-9-4-3-5-10-7-12-13-11(9)10/h3-5,7-8H,6H2,1-2H3. The lowest BCUT2D eigenvalue weighted by atomic mass is 10.0. The second kappa shape index (κ2) is 3.21. The van der Waals surface area contributed by atoms with E-state index in [1.807, 2.05) is 6.07 Å². The minimum atomic E-state index is 0.649. The van der Waals surface area contributed by atoms with E-state index in [0.29, 0.717) is 5.92 Å². The number of rotatable bonds is 2. The number of hydrogen-bond acceptors (Lipinski definition) is 2. The Balaban J connectivity index is 2.48. The Morgan fingerprint density at radius 3 is 3.00 bits per heavy atom. The molecule has 0 aliphatic heterocycles. The minimum Gasteiger partial charge on any atom is -0.356 e. The zero-order valence-electron chi connectivity index (χ0n) is 7.95. The van der Waals surface area contributed by atoms with Crippen molar-refractivity contribution in [3.63, 3.8) is 0 Å². The maximum absolute atomic E-state index is 5.20. The van der Waals surface area contributed by atoms with Gasteiger partial charge in [-0.2, -0.15) is 0 Å². The van der Waals surface area contributed by atoms with Crippen molar-refractivity contribution in [1.29, 1.82) is 0 Å². The van der Waals surface area contributed by atoms with E-state index in [9.17, 15) is 0 Å². The van der Waals surface area contributed by atoms with Crippen molar-refractivity contribution < 1.29 is 4.52 Å². The lowest BCUT2D eigenvalue weighted by Crippen LogP contribution is -1.93. The van der Waals surface area contributed by atoms with Crippen molar-refractivity contribution in [1.82, 2.24) is 5.16 Å². The molecule has 2 nitrogen and oxygen atoms in total. The van der Waals surface area contributed by atoms with Crippen LogP contribution in [0.2, 0.25) is 0 Å². The van der Waals surface area contributed by atoms with Gasteiger partial charge in [-0.25, -0.2) is 0 Å². The predicted octanol–water partition coefficient (Wildman–Crippen LogP) is 3.03. The number of fused-ring (bicyclic) bond motifs is 1. The van der Waals surface area contributed by atoms with Gasteiger partial charge in [0.25, 0.3) is 0 Å². The third kappa shape index (κ3) is 1.57. The lowest BCUT2D eigenvalue weighted by Gasteiger charge is -2.03. The van der Waals surface area contributed by atoms with Gasteiger partial charge in [-0.1, -0.05) is 31.1 Å². The van der Waals surface area contributed by atoms with Crippen LogP contribution in [-0.2, 0) is 6.42 Å². The molecule has 0 unspecified atom stereocenters. The summed E-state index contributed by atoms with van der Waals surface area (Å²) >= 11 is 0. The first-order valence-electron chi connectivity index (χ1n) is 4.59. The van der Waals surface area contributed by atoms with Crippen LogP contribution in [0.1, 0.15) is 19.4 Å². The smallest absolute Gasteiger partial charge is 0.170 e. The molecule has 0 N–H and O–H groups in total. The highest BCUT2D eigenvalue weighted by Gasteiger charge is 2.06. The summed E-state index contributed by atoms with van der Waals surface area (Å²) in [6.45, 7) is 4.41. The molecule has 0 radical (unpaired) electrons. The molecule has 13 heavy (non-hydrogen) atoms. The second-order valence-corrected chi connectivity index (χ2v) is 3.76. The predicted molar refractivity (Wildman–Crippen MR) is 52.6 cm³/mol. The fraction of sp³-hybridized carbons (Fsp3) is 0.364. The third-order valence-corrected chi connectivity index (χ3v) is 2.09. The average Bonchev–Trinajstić information content (AvgIpc) is 2.51. The number of aromatic nitrogens is 1. The monoisotopic (exact) mass is 175 g/mol. The molecule has 0 fully saturated rings. The molecule has 0 saturated heterocycles. The van der Waals surface area contributed by atoms with E-state index in [1.165, 1.54) is 5.56 Å². The van der Waals surface area contributed by atoms with Crippen LogP contribution in [0, 0.1) is 5.92 Å². The molecular formula is C11H13NO. The van der Waals surface area contributed by atoms with Gasteiger partial charge in [0.1, 0.15) is 0 Å². The van der Waals surface area contributed by atoms with Crippen molar-refractivity contribution in [3.8, 4) is 0 Å². The van der Waals surface area contributed by atoms with E-state index >= 15 is 0 Å². The average molecular weight is 175 g/mol. The van der Waals surface area contributed by atoms with Gasteiger partial charge < -0.3 is 4.52 Å². The summed E-state index contributed by atoms with van der Waals surface area (Å²) in [5.74, 6) is 0.649. The molecule has 2 heteroatoms. The van der Waals surface area contributed by atoms with Gasteiger partial charge in [-0.3, -0.25) is 0 Å². The summed E-state index contributed by atoms with van der Waals surface area (Å²) in [5, 5.41) is 4.89. The molecule has 1 heterocycles. The van der Waals surface area contributed by atoms with Crippen LogP contribution in [0.15, 0.2) is 28.9 Å². The minimum absolute atomic E-state index is 0.649. The first kappa shape index (κ1) is 8.30. The van der Waals surface area contributed by atoms with Crippen LogP contribution in [0.4, 0.5) is 0 Å². The van der Waals surface area contributed by atoms with Crippen LogP contribution in [0.25, 0.3) is 11.0 Å². The highest BCUT2D eigenvalue weighted by atomic mass is 16.5. The summed E-state index contributed by atoms with van der Waals surface area (Å²) in [6, 6.07) is 6.18. The van der Waals surface area contributed by atoms with Crippen molar-refractivity contribution in [3.05, 3.63) is 30.0 Å². The number of benzene rings is 1. The van der Waals surface area contributed by atoms with E-state index in [1.54, 1.807) is 6.20 Å². The van der Waals surface area contributed by atoms with Crippen molar-refractivity contribution in [2.24, 2.45) is 5.92 Å². The molecule has 1 aromatic heterocycles. The van der Waals surface area contributed by atoms with Crippen molar-refractivity contribution in [2.45, 2.75) is 20.3 Å². The first-order chi connectivity index (χ1) is 6.27. The second-order valence-electron chi connectivity index (χ2n) is 3.76. The Hall–Kier alpha value is -1.31. The Bertz CT molecular complexity index is 403. The fourth-order valence-electron chi connectivity index (χ4n) is 1.55.